The van der Waals surface area contributed by atoms with E-state index in [2.05, 4.69) is 70.4 Å². The van der Waals surface area contributed by atoms with Crippen LogP contribution in [0.15, 0.2) is 60.1 Å². The number of guanidine groups is 1. The van der Waals surface area contributed by atoms with Gasteiger partial charge in [0.15, 0.2) is 5.96 Å². The van der Waals surface area contributed by atoms with Crippen molar-refractivity contribution in [2.24, 2.45) is 4.99 Å². The molecule has 1 aromatic carbocycles. The lowest BCUT2D eigenvalue weighted by molar-refractivity contribution is 0.794. The molecule has 5 nitrogen and oxygen atoms in total. The minimum absolute atomic E-state index is 0. The van der Waals surface area contributed by atoms with E-state index in [1.807, 2.05) is 23.9 Å². The number of aliphatic imine (C=N–C) groups is 1. The SMILES string of the molecule is CCNC(=NCc1cccc(Cn2ccnc2)c1)NCc1ccc(C)s1.I. The molecule has 144 valence electrons. The molecule has 0 unspecified atom stereocenters. The van der Waals surface area contributed by atoms with E-state index < -0.39 is 0 Å². The molecule has 2 heterocycles. The fraction of sp³-hybridized carbons (Fsp3) is 0.300. The Morgan fingerprint density at radius 1 is 1.19 bits per heavy atom. The van der Waals surface area contributed by atoms with E-state index >= 15 is 0 Å². The third-order valence-corrected chi connectivity index (χ3v) is 4.91. The van der Waals surface area contributed by atoms with Crippen LogP contribution in [0.5, 0.6) is 0 Å². The normalized spacial score (nSPS) is 11.1. The van der Waals surface area contributed by atoms with Crippen molar-refractivity contribution < 1.29 is 0 Å². The standard InChI is InChI=1S/C20H25N5S.HI/c1-3-22-20(24-13-19-8-7-16(2)26-19)23-12-17-5-4-6-18(11-17)14-25-10-9-21-15-25;/h4-11,15H,3,12-14H2,1-2H3,(H2,22,23,24);1H. The highest BCUT2D eigenvalue weighted by molar-refractivity contribution is 14.0. The first-order chi connectivity index (χ1) is 12.7. The lowest BCUT2D eigenvalue weighted by atomic mass is 10.1. The summed E-state index contributed by atoms with van der Waals surface area (Å²) >= 11 is 1.81. The van der Waals surface area contributed by atoms with E-state index in [0.29, 0.717) is 6.54 Å². The summed E-state index contributed by atoms with van der Waals surface area (Å²) in [6, 6.07) is 12.9. The zero-order valence-electron chi connectivity index (χ0n) is 15.7. The zero-order valence-corrected chi connectivity index (χ0v) is 18.8. The van der Waals surface area contributed by atoms with E-state index in [1.54, 1.807) is 6.20 Å². The van der Waals surface area contributed by atoms with Gasteiger partial charge in [-0.15, -0.1) is 35.3 Å². The number of halogens is 1. The molecule has 0 aliphatic rings. The third-order valence-electron chi connectivity index (χ3n) is 3.91. The van der Waals surface area contributed by atoms with Crippen LogP contribution < -0.4 is 10.6 Å². The van der Waals surface area contributed by atoms with Gasteiger partial charge in [-0.2, -0.15) is 0 Å². The first-order valence-electron chi connectivity index (χ1n) is 8.84. The second kappa shape index (κ2) is 11.1. The number of hydrogen-bond acceptors (Lipinski definition) is 3. The van der Waals surface area contributed by atoms with Crippen LogP contribution in [0.3, 0.4) is 0 Å². The average Bonchev–Trinajstić information content (AvgIpc) is 3.29. The van der Waals surface area contributed by atoms with Gasteiger partial charge in [0, 0.05) is 35.2 Å². The predicted octanol–water partition coefficient (Wildman–Crippen LogP) is 4.17. The molecule has 3 rings (SSSR count). The predicted molar refractivity (Wildman–Crippen MR) is 124 cm³/mol. The van der Waals surface area contributed by atoms with E-state index in [9.17, 15) is 0 Å². The molecule has 0 spiro atoms. The zero-order chi connectivity index (χ0) is 18.2. The van der Waals surface area contributed by atoms with Crippen LogP contribution in [0.25, 0.3) is 0 Å². The van der Waals surface area contributed by atoms with Crippen molar-refractivity contribution in [2.75, 3.05) is 6.54 Å². The lowest BCUT2D eigenvalue weighted by Gasteiger charge is -2.11. The Balaban J connectivity index is 0.00000261. The van der Waals surface area contributed by atoms with Gasteiger partial charge in [0.1, 0.15) is 0 Å². The van der Waals surface area contributed by atoms with E-state index in [-0.39, 0.29) is 24.0 Å². The van der Waals surface area contributed by atoms with Crippen LogP contribution >= 0.6 is 35.3 Å². The lowest BCUT2D eigenvalue weighted by Crippen LogP contribution is -2.36. The Hall–Kier alpha value is -1.87. The number of aromatic nitrogens is 2. The first kappa shape index (κ1) is 21.4. The Morgan fingerprint density at radius 3 is 2.74 bits per heavy atom. The van der Waals surface area contributed by atoms with Gasteiger partial charge in [0.05, 0.1) is 19.4 Å². The molecular weight excluding hydrogens is 469 g/mol. The number of imidazole rings is 1. The average molecular weight is 495 g/mol. The number of hydrogen-bond donors (Lipinski definition) is 2. The van der Waals surface area contributed by atoms with Crippen LogP contribution in [0.2, 0.25) is 0 Å². The van der Waals surface area contributed by atoms with Gasteiger partial charge in [-0.25, -0.2) is 9.98 Å². The molecule has 0 fully saturated rings. The fourth-order valence-corrected chi connectivity index (χ4v) is 3.51. The molecule has 2 N–H and O–H groups in total. The minimum atomic E-state index is 0. The molecule has 0 saturated heterocycles. The van der Waals surface area contributed by atoms with Crippen molar-refractivity contribution in [2.45, 2.75) is 33.5 Å². The second-order valence-electron chi connectivity index (χ2n) is 6.12. The van der Waals surface area contributed by atoms with Gasteiger partial charge >= 0.3 is 0 Å². The van der Waals surface area contributed by atoms with Crippen molar-refractivity contribution in [3.63, 3.8) is 0 Å². The molecule has 0 aliphatic heterocycles. The van der Waals surface area contributed by atoms with Gasteiger partial charge in [-0.3, -0.25) is 0 Å². The van der Waals surface area contributed by atoms with Crippen LogP contribution in [0.4, 0.5) is 0 Å². The molecule has 7 heteroatoms. The maximum atomic E-state index is 4.72. The van der Waals surface area contributed by atoms with Gasteiger partial charge in [0.25, 0.3) is 0 Å². The topological polar surface area (TPSA) is 54.2 Å². The molecule has 0 bridgehead atoms. The van der Waals surface area contributed by atoms with E-state index in [0.717, 1.165) is 25.6 Å². The van der Waals surface area contributed by atoms with Crippen LogP contribution in [0.1, 0.15) is 27.8 Å². The van der Waals surface area contributed by atoms with E-state index in [1.165, 1.54) is 20.9 Å². The Morgan fingerprint density at radius 2 is 2.04 bits per heavy atom. The summed E-state index contributed by atoms with van der Waals surface area (Å²) in [7, 11) is 0. The smallest absolute Gasteiger partial charge is 0.191 e. The summed E-state index contributed by atoms with van der Waals surface area (Å²) in [5, 5.41) is 6.72. The number of benzene rings is 1. The molecule has 2 aromatic heterocycles. The Labute approximate surface area is 182 Å². The number of nitrogens with zero attached hydrogens (tertiary/aromatic N) is 3. The summed E-state index contributed by atoms with van der Waals surface area (Å²) in [6.45, 7) is 7.33. The summed E-state index contributed by atoms with van der Waals surface area (Å²) in [6.07, 6.45) is 5.62. The van der Waals surface area contributed by atoms with Crippen LogP contribution in [0, 0.1) is 6.92 Å². The molecule has 27 heavy (non-hydrogen) atoms. The summed E-state index contributed by atoms with van der Waals surface area (Å²) < 4.78 is 2.07. The van der Waals surface area contributed by atoms with Crippen LogP contribution in [-0.4, -0.2) is 22.1 Å². The highest BCUT2D eigenvalue weighted by Gasteiger charge is 2.02. The molecule has 3 aromatic rings. The summed E-state index contributed by atoms with van der Waals surface area (Å²) in [4.78, 5) is 11.5. The van der Waals surface area contributed by atoms with Gasteiger partial charge < -0.3 is 15.2 Å². The number of aryl methyl sites for hydroxylation is 1. The fourth-order valence-electron chi connectivity index (χ4n) is 2.68. The molecular formula is C20H26IN5S. The number of rotatable bonds is 7. The highest BCUT2D eigenvalue weighted by atomic mass is 127. The molecule has 0 saturated carbocycles. The van der Waals surface area contributed by atoms with Crippen molar-refractivity contribution in [3.8, 4) is 0 Å². The summed E-state index contributed by atoms with van der Waals surface area (Å²) in [5.41, 5.74) is 2.45. The maximum Gasteiger partial charge on any atom is 0.191 e. The Kier molecular flexibility index (Phi) is 8.80. The minimum Gasteiger partial charge on any atom is -0.357 e. The summed E-state index contributed by atoms with van der Waals surface area (Å²) in [5.74, 6) is 0.846. The van der Waals surface area contributed by atoms with Crippen molar-refractivity contribution in [1.82, 2.24) is 20.2 Å². The molecule has 0 aliphatic carbocycles. The largest absolute Gasteiger partial charge is 0.357 e. The Bertz CT molecular complexity index is 842. The molecule has 0 atom stereocenters. The molecule has 0 radical (unpaired) electrons. The number of nitrogens with one attached hydrogen (secondary N) is 2. The second-order valence-corrected chi connectivity index (χ2v) is 7.49. The van der Waals surface area contributed by atoms with Gasteiger partial charge in [0.2, 0.25) is 0 Å². The molecule has 0 amide bonds. The monoisotopic (exact) mass is 495 g/mol. The van der Waals surface area contributed by atoms with Crippen molar-refractivity contribution in [1.29, 1.82) is 0 Å². The van der Waals surface area contributed by atoms with E-state index in [4.69, 9.17) is 4.99 Å². The van der Waals surface area contributed by atoms with Crippen molar-refractivity contribution in [3.05, 3.63) is 76.0 Å². The van der Waals surface area contributed by atoms with Gasteiger partial charge in [-0.05, 0) is 37.1 Å². The third kappa shape index (κ3) is 6.99. The number of thiophene rings is 1. The van der Waals surface area contributed by atoms with Crippen molar-refractivity contribution >= 4 is 41.3 Å². The van der Waals surface area contributed by atoms with Crippen LogP contribution in [-0.2, 0) is 19.6 Å². The first-order valence-corrected chi connectivity index (χ1v) is 9.65. The van der Waals surface area contributed by atoms with Gasteiger partial charge in [-0.1, -0.05) is 24.3 Å². The maximum absolute atomic E-state index is 4.72. The quantitative estimate of drug-likeness (QED) is 0.294. The highest BCUT2D eigenvalue weighted by Crippen LogP contribution is 2.14.